The number of pyridine rings is 1. The van der Waals surface area contributed by atoms with Gasteiger partial charge in [-0.15, -0.1) is 0 Å². The number of nitrogens with one attached hydrogen (secondary N) is 1. The van der Waals surface area contributed by atoms with Gasteiger partial charge < -0.3 is 10.2 Å². The van der Waals surface area contributed by atoms with Gasteiger partial charge in [0.25, 0.3) is 0 Å². The molecule has 0 bridgehead atoms. The van der Waals surface area contributed by atoms with Gasteiger partial charge in [-0.25, -0.2) is 0 Å². The Labute approximate surface area is 106 Å². The largest absolute Gasteiger partial charge is 0.365 e. The van der Waals surface area contributed by atoms with Crippen molar-refractivity contribution in [2.24, 2.45) is 0 Å². The van der Waals surface area contributed by atoms with Crippen molar-refractivity contribution in [3.63, 3.8) is 0 Å². The van der Waals surface area contributed by atoms with Crippen LogP contribution in [0.1, 0.15) is 19.8 Å². The molecule has 0 spiro atoms. The van der Waals surface area contributed by atoms with Crippen LogP contribution in [0.3, 0.4) is 0 Å². The highest BCUT2D eigenvalue weighted by atomic mass is 16.6. The number of likely N-dealkylation sites (N-methyl/N-ethyl adjacent to an activating group) is 1. The average molecular weight is 250 g/mol. The first-order valence-electron chi connectivity index (χ1n) is 6.29. The molecule has 0 amide bonds. The van der Waals surface area contributed by atoms with Gasteiger partial charge >= 0.3 is 5.69 Å². The van der Waals surface area contributed by atoms with E-state index in [0.29, 0.717) is 11.7 Å². The third kappa shape index (κ3) is 2.76. The zero-order valence-electron chi connectivity index (χ0n) is 10.5. The molecule has 2 heterocycles. The molecule has 1 fully saturated rings. The topological polar surface area (TPSA) is 71.3 Å². The van der Waals surface area contributed by atoms with E-state index >= 15 is 0 Å². The molecular formula is C12H18N4O2. The maximum Gasteiger partial charge on any atom is 0.310 e. The van der Waals surface area contributed by atoms with Crippen molar-refractivity contribution in [1.82, 2.24) is 10.3 Å². The van der Waals surface area contributed by atoms with E-state index in [1.165, 1.54) is 12.6 Å². The quantitative estimate of drug-likeness (QED) is 0.634. The highest BCUT2D eigenvalue weighted by molar-refractivity contribution is 5.61. The Bertz CT molecular complexity index is 418. The second kappa shape index (κ2) is 5.77. The molecule has 6 heteroatoms. The van der Waals surface area contributed by atoms with E-state index in [1.54, 1.807) is 12.3 Å². The summed E-state index contributed by atoms with van der Waals surface area (Å²) in [5, 5.41) is 14.4. The number of nitrogens with zero attached hydrogens (tertiary/aromatic N) is 3. The van der Waals surface area contributed by atoms with Crippen molar-refractivity contribution in [3.05, 3.63) is 28.6 Å². The first kappa shape index (κ1) is 12.8. The van der Waals surface area contributed by atoms with E-state index < -0.39 is 0 Å². The maximum absolute atomic E-state index is 11.0. The van der Waals surface area contributed by atoms with Crippen molar-refractivity contribution < 1.29 is 4.92 Å². The van der Waals surface area contributed by atoms with Gasteiger partial charge in [0.05, 0.1) is 4.92 Å². The molecule has 1 saturated heterocycles. The van der Waals surface area contributed by atoms with Crippen LogP contribution in [0.2, 0.25) is 0 Å². The van der Waals surface area contributed by atoms with E-state index in [0.717, 1.165) is 26.1 Å². The van der Waals surface area contributed by atoms with Crippen LogP contribution in [0.25, 0.3) is 0 Å². The Balaban J connectivity index is 2.18. The zero-order valence-corrected chi connectivity index (χ0v) is 10.5. The zero-order chi connectivity index (χ0) is 13.0. The van der Waals surface area contributed by atoms with Crippen LogP contribution in [-0.4, -0.2) is 35.6 Å². The van der Waals surface area contributed by atoms with Crippen LogP contribution < -0.4 is 10.2 Å². The van der Waals surface area contributed by atoms with Crippen LogP contribution in [0.4, 0.5) is 11.4 Å². The third-order valence-corrected chi connectivity index (χ3v) is 3.30. The van der Waals surface area contributed by atoms with Crippen LogP contribution in [0.5, 0.6) is 0 Å². The molecule has 6 nitrogen and oxygen atoms in total. The van der Waals surface area contributed by atoms with Crippen LogP contribution in [0, 0.1) is 10.1 Å². The second-order valence-electron chi connectivity index (χ2n) is 4.45. The van der Waals surface area contributed by atoms with Crippen molar-refractivity contribution in [3.8, 4) is 0 Å². The van der Waals surface area contributed by atoms with Crippen molar-refractivity contribution in [2.45, 2.75) is 25.8 Å². The summed E-state index contributed by atoms with van der Waals surface area (Å²) in [5.74, 6) is 0. The van der Waals surface area contributed by atoms with Crippen LogP contribution in [0.15, 0.2) is 18.5 Å². The first-order chi connectivity index (χ1) is 8.72. The molecular weight excluding hydrogens is 232 g/mol. The number of nitro groups is 1. The Morgan fingerprint density at radius 3 is 3.11 bits per heavy atom. The molecule has 0 aliphatic carbocycles. The number of hydrogen-bond acceptors (Lipinski definition) is 5. The summed E-state index contributed by atoms with van der Waals surface area (Å²) < 4.78 is 0. The van der Waals surface area contributed by atoms with Crippen LogP contribution >= 0.6 is 0 Å². The summed E-state index contributed by atoms with van der Waals surface area (Å²) >= 11 is 0. The van der Waals surface area contributed by atoms with E-state index in [4.69, 9.17) is 0 Å². The number of anilines is 1. The molecule has 0 aromatic carbocycles. The van der Waals surface area contributed by atoms with Gasteiger partial charge in [0.2, 0.25) is 0 Å². The lowest BCUT2D eigenvalue weighted by Gasteiger charge is -2.25. The number of rotatable bonds is 5. The molecule has 1 aliphatic heterocycles. The highest BCUT2D eigenvalue weighted by Gasteiger charge is 2.22. The Morgan fingerprint density at radius 1 is 1.67 bits per heavy atom. The molecule has 0 radical (unpaired) electrons. The van der Waals surface area contributed by atoms with Gasteiger partial charge in [0.1, 0.15) is 11.9 Å². The van der Waals surface area contributed by atoms with Crippen LogP contribution in [-0.2, 0) is 0 Å². The fourth-order valence-corrected chi connectivity index (χ4v) is 2.36. The highest BCUT2D eigenvalue weighted by Crippen LogP contribution is 2.27. The van der Waals surface area contributed by atoms with Crippen molar-refractivity contribution >= 4 is 11.4 Å². The number of aromatic nitrogens is 1. The molecule has 98 valence electrons. The van der Waals surface area contributed by atoms with Crippen molar-refractivity contribution in [1.29, 1.82) is 0 Å². The molecule has 1 aliphatic rings. The normalized spacial score (nSPS) is 18.8. The minimum atomic E-state index is -0.368. The first-order valence-corrected chi connectivity index (χ1v) is 6.29. The Kier molecular flexibility index (Phi) is 4.09. The van der Waals surface area contributed by atoms with Gasteiger partial charge in [-0.1, -0.05) is 0 Å². The fraction of sp³-hybridized carbons (Fsp3) is 0.583. The lowest BCUT2D eigenvalue weighted by molar-refractivity contribution is -0.384. The van der Waals surface area contributed by atoms with Gasteiger partial charge in [0, 0.05) is 25.3 Å². The smallest absolute Gasteiger partial charge is 0.310 e. The predicted molar refractivity (Wildman–Crippen MR) is 69.8 cm³/mol. The lowest BCUT2D eigenvalue weighted by Crippen LogP contribution is -2.37. The Hall–Kier alpha value is -1.69. The number of hydrogen-bond donors (Lipinski definition) is 1. The van der Waals surface area contributed by atoms with Gasteiger partial charge in [-0.2, -0.15) is 0 Å². The summed E-state index contributed by atoms with van der Waals surface area (Å²) in [4.78, 5) is 16.5. The predicted octanol–water partition coefficient (Wildman–Crippen LogP) is 1.57. The average Bonchev–Trinajstić information content (AvgIpc) is 2.88. The van der Waals surface area contributed by atoms with Crippen molar-refractivity contribution in [2.75, 3.05) is 24.5 Å². The standard InChI is InChI=1S/C12H18N4O2/c1-2-15(9-10-4-3-6-14-10)11-5-7-13-8-12(11)16(17)18/h5,7-8,10,14H,2-4,6,9H2,1H3. The minimum Gasteiger partial charge on any atom is -0.365 e. The SMILES string of the molecule is CCN(CC1CCCN1)c1ccncc1[N+](=O)[O-]. The molecule has 1 atom stereocenters. The molecule has 1 N–H and O–H groups in total. The van der Waals surface area contributed by atoms with E-state index in [9.17, 15) is 10.1 Å². The van der Waals surface area contributed by atoms with E-state index in [2.05, 4.69) is 10.3 Å². The summed E-state index contributed by atoms with van der Waals surface area (Å²) in [6.45, 7) is 4.62. The lowest BCUT2D eigenvalue weighted by atomic mass is 10.2. The molecule has 1 aromatic heterocycles. The van der Waals surface area contributed by atoms with Gasteiger partial charge in [-0.05, 0) is 32.4 Å². The summed E-state index contributed by atoms with van der Waals surface area (Å²) in [6.07, 6.45) is 5.24. The third-order valence-electron chi connectivity index (χ3n) is 3.30. The molecule has 18 heavy (non-hydrogen) atoms. The molecule has 0 saturated carbocycles. The summed E-state index contributed by atoms with van der Waals surface area (Å²) in [6, 6.07) is 2.15. The van der Waals surface area contributed by atoms with Gasteiger partial charge in [-0.3, -0.25) is 15.1 Å². The van der Waals surface area contributed by atoms with Gasteiger partial charge in [0.15, 0.2) is 0 Å². The minimum absolute atomic E-state index is 0.0809. The molecule has 1 unspecified atom stereocenters. The second-order valence-corrected chi connectivity index (χ2v) is 4.45. The van der Waals surface area contributed by atoms with E-state index in [1.807, 2.05) is 11.8 Å². The maximum atomic E-state index is 11.0. The van der Waals surface area contributed by atoms with E-state index in [-0.39, 0.29) is 10.6 Å². The summed E-state index contributed by atoms with van der Waals surface area (Å²) in [5.41, 5.74) is 0.739. The monoisotopic (exact) mass is 250 g/mol. The molecule has 2 rings (SSSR count). The Morgan fingerprint density at radius 2 is 2.50 bits per heavy atom. The molecule has 1 aromatic rings. The summed E-state index contributed by atoms with van der Waals surface area (Å²) in [7, 11) is 0. The fourth-order valence-electron chi connectivity index (χ4n) is 2.36.